The minimum Gasteiger partial charge on any atom is -0.390 e. The molecule has 1 N–H and O–H groups in total. The van der Waals surface area contributed by atoms with Gasteiger partial charge in [-0.25, -0.2) is 0 Å². The molecule has 1 rings (SSSR count). The van der Waals surface area contributed by atoms with E-state index in [0.29, 0.717) is 6.10 Å². The van der Waals surface area contributed by atoms with Crippen molar-refractivity contribution in [3.8, 4) is 0 Å². The molecule has 0 amide bonds. The Morgan fingerprint density at radius 1 is 1.06 bits per heavy atom. The number of rotatable bonds is 8. The van der Waals surface area contributed by atoms with Crippen LogP contribution in [0.1, 0.15) is 77.6 Å². The zero-order valence-corrected chi connectivity index (χ0v) is 11.7. The molecule has 0 heterocycles. The lowest BCUT2D eigenvalue weighted by Crippen LogP contribution is -2.36. The van der Waals surface area contributed by atoms with Gasteiger partial charge in [0.25, 0.3) is 0 Å². The maximum Gasteiger partial charge on any atom is 0.0649 e. The average Bonchev–Trinajstić information content (AvgIpc) is 2.35. The molecule has 1 fully saturated rings. The quantitative estimate of drug-likeness (QED) is 0.650. The predicted octanol–water partition coefficient (Wildman–Crippen LogP) is 4.06. The van der Waals surface area contributed by atoms with Crippen molar-refractivity contribution < 1.29 is 9.84 Å². The normalized spacial score (nSPS) is 29.5. The Hall–Kier alpha value is -0.0800. The summed E-state index contributed by atoms with van der Waals surface area (Å²) in [6, 6.07) is 0. The Morgan fingerprint density at radius 2 is 1.65 bits per heavy atom. The summed E-state index contributed by atoms with van der Waals surface area (Å²) in [7, 11) is 1.78. The molecule has 1 aliphatic rings. The highest BCUT2D eigenvalue weighted by molar-refractivity contribution is 4.85. The number of ether oxygens (including phenoxy) is 1. The molecule has 0 aromatic rings. The fourth-order valence-electron chi connectivity index (χ4n) is 2.85. The van der Waals surface area contributed by atoms with Gasteiger partial charge in [-0.05, 0) is 32.1 Å². The molecule has 1 saturated carbocycles. The molecule has 17 heavy (non-hydrogen) atoms. The van der Waals surface area contributed by atoms with Crippen molar-refractivity contribution in [3.63, 3.8) is 0 Å². The monoisotopic (exact) mass is 242 g/mol. The second-order valence-electron chi connectivity index (χ2n) is 5.68. The summed E-state index contributed by atoms with van der Waals surface area (Å²) < 4.78 is 5.34. The summed E-state index contributed by atoms with van der Waals surface area (Å²) in [5.74, 6) is 0. The van der Waals surface area contributed by atoms with Gasteiger partial charge in [-0.3, -0.25) is 0 Å². The molecule has 2 nitrogen and oxygen atoms in total. The molecule has 0 aromatic heterocycles. The van der Waals surface area contributed by atoms with Gasteiger partial charge in [0.2, 0.25) is 0 Å². The third-order valence-electron chi connectivity index (χ3n) is 4.19. The van der Waals surface area contributed by atoms with Gasteiger partial charge in [0, 0.05) is 7.11 Å². The number of hydrogen-bond acceptors (Lipinski definition) is 2. The molecular formula is C15H30O2. The fourth-order valence-corrected chi connectivity index (χ4v) is 2.85. The Kier molecular flexibility index (Phi) is 7.14. The SMILES string of the molecule is CCCCCCCCC1(O)CCC(OC)CC1. The first-order valence-electron chi connectivity index (χ1n) is 7.45. The first-order valence-corrected chi connectivity index (χ1v) is 7.45. The topological polar surface area (TPSA) is 29.5 Å². The van der Waals surface area contributed by atoms with Gasteiger partial charge in [-0.1, -0.05) is 45.4 Å². The third kappa shape index (κ3) is 5.87. The highest BCUT2D eigenvalue weighted by Gasteiger charge is 2.32. The third-order valence-corrected chi connectivity index (χ3v) is 4.19. The number of hydrogen-bond donors (Lipinski definition) is 1. The van der Waals surface area contributed by atoms with E-state index in [1.807, 2.05) is 0 Å². The lowest BCUT2D eigenvalue weighted by atomic mass is 9.80. The van der Waals surface area contributed by atoms with Gasteiger partial charge in [-0.2, -0.15) is 0 Å². The van der Waals surface area contributed by atoms with Crippen LogP contribution in [0, 0.1) is 0 Å². The minimum absolute atomic E-state index is 0.375. The molecular weight excluding hydrogens is 212 g/mol. The maximum absolute atomic E-state index is 10.4. The van der Waals surface area contributed by atoms with Crippen LogP contribution in [0.15, 0.2) is 0 Å². The number of unbranched alkanes of at least 4 members (excludes halogenated alkanes) is 5. The first-order chi connectivity index (χ1) is 8.20. The summed E-state index contributed by atoms with van der Waals surface area (Å²) >= 11 is 0. The van der Waals surface area contributed by atoms with Crippen molar-refractivity contribution >= 4 is 0 Å². The van der Waals surface area contributed by atoms with Crippen molar-refractivity contribution in [3.05, 3.63) is 0 Å². The smallest absolute Gasteiger partial charge is 0.0649 e. The maximum atomic E-state index is 10.4. The zero-order valence-electron chi connectivity index (χ0n) is 11.7. The van der Waals surface area contributed by atoms with Crippen molar-refractivity contribution in [1.29, 1.82) is 0 Å². The molecule has 0 spiro atoms. The zero-order chi connectivity index (χ0) is 12.6. The van der Waals surface area contributed by atoms with Gasteiger partial charge in [0.15, 0.2) is 0 Å². The van der Waals surface area contributed by atoms with E-state index >= 15 is 0 Å². The Morgan fingerprint density at radius 3 is 2.24 bits per heavy atom. The average molecular weight is 242 g/mol. The van der Waals surface area contributed by atoms with E-state index < -0.39 is 0 Å². The Labute approximate surface area is 107 Å². The van der Waals surface area contributed by atoms with Crippen molar-refractivity contribution in [2.75, 3.05) is 7.11 Å². The number of methoxy groups -OCH3 is 1. The lowest BCUT2D eigenvalue weighted by molar-refractivity contribution is -0.0493. The lowest BCUT2D eigenvalue weighted by Gasteiger charge is -2.35. The molecule has 0 radical (unpaired) electrons. The standard InChI is InChI=1S/C15H30O2/c1-3-4-5-6-7-8-11-15(16)12-9-14(17-2)10-13-15/h14,16H,3-13H2,1-2H3. The molecule has 1 aliphatic carbocycles. The van der Waals surface area contributed by atoms with Crippen LogP contribution in [0.3, 0.4) is 0 Å². The summed E-state index contributed by atoms with van der Waals surface area (Å²) in [5.41, 5.74) is -0.375. The largest absolute Gasteiger partial charge is 0.390 e. The Balaban J connectivity index is 2.06. The van der Waals surface area contributed by atoms with Crippen LogP contribution in [0.25, 0.3) is 0 Å². The van der Waals surface area contributed by atoms with E-state index in [1.165, 1.54) is 38.5 Å². The van der Waals surface area contributed by atoms with Crippen molar-refractivity contribution in [2.24, 2.45) is 0 Å². The van der Waals surface area contributed by atoms with Crippen molar-refractivity contribution in [1.82, 2.24) is 0 Å². The molecule has 0 bridgehead atoms. The molecule has 0 unspecified atom stereocenters. The van der Waals surface area contributed by atoms with Crippen molar-refractivity contribution in [2.45, 2.75) is 89.3 Å². The number of aliphatic hydroxyl groups is 1. The highest BCUT2D eigenvalue weighted by atomic mass is 16.5. The van der Waals surface area contributed by atoms with Gasteiger partial charge in [0.05, 0.1) is 11.7 Å². The van der Waals surface area contributed by atoms with Gasteiger partial charge in [-0.15, -0.1) is 0 Å². The van der Waals surface area contributed by atoms with Gasteiger partial charge >= 0.3 is 0 Å². The van der Waals surface area contributed by atoms with Gasteiger partial charge in [0.1, 0.15) is 0 Å². The van der Waals surface area contributed by atoms with E-state index in [2.05, 4.69) is 6.92 Å². The van der Waals surface area contributed by atoms with E-state index in [4.69, 9.17) is 4.74 Å². The summed E-state index contributed by atoms with van der Waals surface area (Å²) in [5, 5.41) is 10.4. The predicted molar refractivity (Wildman–Crippen MR) is 72.2 cm³/mol. The molecule has 0 atom stereocenters. The second kappa shape index (κ2) is 8.10. The molecule has 2 heteroatoms. The Bertz CT molecular complexity index is 183. The fraction of sp³-hybridized carbons (Fsp3) is 1.00. The van der Waals surface area contributed by atoms with Crippen LogP contribution in [0.4, 0.5) is 0 Å². The van der Waals surface area contributed by atoms with Crippen LogP contribution in [0.5, 0.6) is 0 Å². The van der Waals surface area contributed by atoms with E-state index in [1.54, 1.807) is 7.11 Å². The van der Waals surface area contributed by atoms with Crippen LogP contribution in [0.2, 0.25) is 0 Å². The van der Waals surface area contributed by atoms with Gasteiger partial charge < -0.3 is 9.84 Å². The summed E-state index contributed by atoms with van der Waals surface area (Å²) in [4.78, 5) is 0. The molecule has 102 valence electrons. The van der Waals surface area contributed by atoms with E-state index in [-0.39, 0.29) is 5.60 Å². The van der Waals surface area contributed by atoms with Crippen LogP contribution >= 0.6 is 0 Å². The highest BCUT2D eigenvalue weighted by Crippen LogP contribution is 2.33. The van der Waals surface area contributed by atoms with Crippen LogP contribution in [-0.4, -0.2) is 23.9 Å². The second-order valence-corrected chi connectivity index (χ2v) is 5.68. The van der Waals surface area contributed by atoms with Crippen LogP contribution < -0.4 is 0 Å². The minimum atomic E-state index is -0.375. The molecule has 0 aliphatic heterocycles. The summed E-state index contributed by atoms with van der Waals surface area (Å²) in [6.45, 7) is 2.25. The molecule has 0 aromatic carbocycles. The van der Waals surface area contributed by atoms with E-state index in [0.717, 1.165) is 32.1 Å². The van der Waals surface area contributed by atoms with Crippen LogP contribution in [-0.2, 0) is 4.74 Å². The molecule has 0 saturated heterocycles. The van der Waals surface area contributed by atoms with E-state index in [9.17, 15) is 5.11 Å². The first kappa shape index (κ1) is 15.0. The summed E-state index contributed by atoms with van der Waals surface area (Å²) in [6.07, 6.45) is 13.2.